The quantitative estimate of drug-likeness (QED) is 0.666. The van der Waals surface area contributed by atoms with Crippen molar-refractivity contribution in [1.29, 1.82) is 0 Å². The van der Waals surface area contributed by atoms with E-state index in [1.54, 1.807) is 47.0 Å². The predicted octanol–water partition coefficient (Wildman–Crippen LogP) is 3.17. The standard InChI is InChI=1S/C16H14N2O3S2/c1-18(7-11-4-5-22-9-11)15(19)8-21-16(20)12-2-3-13-14(6-12)23-10-17-13/h2-6,9-10H,7-8H2,1H3. The second kappa shape index (κ2) is 6.89. The fraction of sp³-hybridized carbons (Fsp3) is 0.188. The third-order valence-corrected chi connectivity index (χ3v) is 4.84. The molecule has 0 aliphatic heterocycles. The number of hydrogen-bond acceptors (Lipinski definition) is 6. The van der Waals surface area contributed by atoms with E-state index in [1.165, 1.54) is 11.3 Å². The summed E-state index contributed by atoms with van der Waals surface area (Å²) in [6.07, 6.45) is 0. The van der Waals surface area contributed by atoms with Crippen LogP contribution in [0.15, 0.2) is 40.5 Å². The number of benzene rings is 1. The summed E-state index contributed by atoms with van der Waals surface area (Å²) in [6, 6.07) is 7.12. The van der Waals surface area contributed by atoms with Crippen LogP contribution in [0.4, 0.5) is 0 Å². The summed E-state index contributed by atoms with van der Waals surface area (Å²) < 4.78 is 6.03. The number of esters is 1. The number of ether oxygens (including phenoxy) is 1. The number of carbonyl (C=O) groups is 2. The molecule has 3 aromatic rings. The van der Waals surface area contributed by atoms with Gasteiger partial charge in [-0.15, -0.1) is 11.3 Å². The minimum Gasteiger partial charge on any atom is -0.452 e. The van der Waals surface area contributed by atoms with Crippen LogP contribution in [0.3, 0.4) is 0 Å². The summed E-state index contributed by atoms with van der Waals surface area (Å²) >= 11 is 3.04. The molecule has 0 unspecified atom stereocenters. The van der Waals surface area contributed by atoms with Crippen molar-refractivity contribution in [2.75, 3.05) is 13.7 Å². The van der Waals surface area contributed by atoms with Crippen LogP contribution < -0.4 is 0 Å². The average molecular weight is 346 g/mol. The lowest BCUT2D eigenvalue weighted by atomic mass is 10.2. The molecule has 3 rings (SSSR count). The van der Waals surface area contributed by atoms with Gasteiger partial charge in [0.15, 0.2) is 6.61 Å². The van der Waals surface area contributed by atoms with Crippen LogP contribution in [0.1, 0.15) is 15.9 Å². The lowest BCUT2D eigenvalue weighted by Crippen LogP contribution is -2.30. The van der Waals surface area contributed by atoms with Crippen molar-refractivity contribution in [2.24, 2.45) is 0 Å². The van der Waals surface area contributed by atoms with Crippen molar-refractivity contribution >= 4 is 44.8 Å². The van der Waals surface area contributed by atoms with E-state index in [1.807, 2.05) is 16.8 Å². The maximum Gasteiger partial charge on any atom is 0.338 e. The number of aromatic nitrogens is 1. The van der Waals surface area contributed by atoms with E-state index in [2.05, 4.69) is 4.98 Å². The van der Waals surface area contributed by atoms with Crippen LogP contribution in [0.5, 0.6) is 0 Å². The van der Waals surface area contributed by atoms with Crippen molar-refractivity contribution in [1.82, 2.24) is 9.88 Å². The van der Waals surface area contributed by atoms with Gasteiger partial charge in [0.25, 0.3) is 5.91 Å². The van der Waals surface area contributed by atoms with Crippen molar-refractivity contribution < 1.29 is 14.3 Å². The molecular formula is C16H14N2O3S2. The number of rotatable bonds is 5. The second-order valence-electron chi connectivity index (χ2n) is 4.99. The van der Waals surface area contributed by atoms with Crippen molar-refractivity contribution in [3.63, 3.8) is 0 Å². The number of nitrogens with zero attached hydrogens (tertiary/aromatic N) is 2. The summed E-state index contributed by atoms with van der Waals surface area (Å²) in [5, 5.41) is 3.95. The van der Waals surface area contributed by atoms with Crippen LogP contribution >= 0.6 is 22.7 Å². The van der Waals surface area contributed by atoms with Gasteiger partial charge in [-0.1, -0.05) is 0 Å². The monoisotopic (exact) mass is 346 g/mol. The Labute approximate surface area is 141 Å². The van der Waals surface area contributed by atoms with Gasteiger partial charge in [0.05, 0.1) is 21.3 Å². The molecule has 2 heterocycles. The predicted molar refractivity (Wildman–Crippen MR) is 90.7 cm³/mol. The smallest absolute Gasteiger partial charge is 0.338 e. The second-order valence-corrected chi connectivity index (χ2v) is 6.66. The Balaban J connectivity index is 1.56. The summed E-state index contributed by atoms with van der Waals surface area (Å²) in [5.41, 5.74) is 4.06. The van der Waals surface area contributed by atoms with Crippen LogP contribution in [-0.4, -0.2) is 35.4 Å². The zero-order valence-electron chi connectivity index (χ0n) is 12.4. The molecule has 0 aliphatic rings. The zero-order valence-corrected chi connectivity index (χ0v) is 14.0. The molecule has 1 aromatic carbocycles. The van der Waals surface area contributed by atoms with Gasteiger partial charge in [0.1, 0.15) is 0 Å². The Morgan fingerprint density at radius 3 is 2.96 bits per heavy atom. The van der Waals surface area contributed by atoms with Gasteiger partial charge in [-0.05, 0) is 40.6 Å². The van der Waals surface area contributed by atoms with Crippen molar-refractivity contribution in [3.8, 4) is 0 Å². The molecule has 5 nitrogen and oxygen atoms in total. The summed E-state index contributed by atoms with van der Waals surface area (Å²) in [7, 11) is 1.69. The number of likely N-dealkylation sites (N-methyl/N-ethyl adjacent to an activating group) is 1. The SMILES string of the molecule is CN(Cc1ccsc1)C(=O)COC(=O)c1ccc2ncsc2c1. The first-order valence-electron chi connectivity index (χ1n) is 6.89. The molecule has 0 atom stereocenters. The molecule has 0 radical (unpaired) electrons. The first-order chi connectivity index (χ1) is 11.1. The van der Waals surface area contributed by atoms with Gasteiger partial charge >= 0.3 is 5.97 Å². The van der Waals surface area contributed by atoms with Crippen LogP contribution in [0.2, 0.25) is 0 Å². The molecule has 0 bridgehead atoms. The topological polar surface area (TPSA) is 59.5 Å². The van der Waals surface area contributed by atoms with E-state index in [4.69, 9.17) is 4.74 Å². The highest BCUT2D eigenvalue weighted by Gasteiger charge is 2.14. The molecule has 0 spiro atoms. The largest absolute Gasteiger partial charge is 0.452 e. The Morgan fingerprint density at radius 1 is 1.30 bits per heavy atom. The molecule has 0 saturated heterocycles. The van der Waals surface area contributed by atoms with E-state index in [0.717, 1.165) is 15.8 Å². The Morgan fingerprint density at radius 2 is 2.17 bits per heavy atom. The van der Waals surface area contributed by atoms with Crippen LogP contribution in [-0.2, 0) is 16.1 Å². The maximum absolute atomic E-state index is 12.0. The highest BCUT2D eigenvalue weighted by atomic mass is 32.1. The minimum atomic E-state index is -0.502. The molecular weight excluding hydrogens is 332 g/mol. The van der Waals surface area contributed by atoms with Gasteiger partial charge in [-0.25, -0.2) is 9.78 Å². The molecule has 0 fully saturated rings. The number of carbonyl (C=O) groups excluding carboxylic acids is 2. The first-order valence-corrected chi connectivity index (χ1v) is 8.71. The van der Waals surface area contributed by atoms with Crippen LogP contribution in [0.25, 0.3) is 10.2 Å². The summed E-state index contributed by atoms with van der Waals surface area (Å²) in [4.78, 5) is 29.8. The average Bonchev–Trinajstić information content (AvgIpc) is 3.22. The van der Waals surface area contributed by atoms with E-state index < -0.39 is 5.97 Å². The molecule has 23 heavy (non-hydrogen) atoms. The Bertz CT molecular complexity index is 827. The molecule has 0 saturated carbocycles. The van der Waals surface area contributed by atoms with E-state index in [0.29, 0.717) is 12.1 Å². The third-order valence-electron chi connectivity index (χ3n) is 3.32. The van der Waals surface area contributed by atoms with E-state index in [9.17, 15) is 9.59 Å². The van der Waals surface area contributed by atoms with Gasteiger partial charge in [0, 0.05) is 13.6 Å². The number of thiophene rings is 1. The highest BCUT2D eigenvalue weighted by Crippen LogP contribution is 2.19. The van der Waals surface area contributed by atoms with E-state index in [-0.39, 0.29) is 12.5 Å². The van der Waals surface area contributed by atoms with E-state index >= 15 is 0 Å². The number of hydrogen-bond donors (Lipinski definition) is 0. The van der Waals surface area contributed by atoms with Crippen LogP contribution in [0, 0.1) is 0 Å². The Kier molecular flexibility index (Phi) is 4.68. The maximum atomic E-state index is 12.0. The first kappa shape index (κ1) is 15.6. The number of amides is 1. The van der Waals surface area contributed by atoms with Gasteiger partial charge in [0.2, 0.25) is 0 Å². The molecule has 7 heteroatoms. The fourth-order valence-corrected chi connectivity index (χ4v) is 3.42. The molecule has 118 valence electrons. The summed E-state index contributed by atoms with van der Waals surface area (Å²) in [6.45, 7) is 0.243. The van der Waals surface area contributed by atoms with Gasteiger partial charge in [-0.2, -0.15) is 11.3 Å². The summed E-state index contributed by atoms with van der Waals surface area (Å²) in [5.74, 6) is -0.735. The lowest BCUT2D eigenvalue weighted by Gasteiger charge is -2.16. The van der Waals surface area contributed by atoms with Crippen molar-refractivity contribution in [2.45, 2.75) is 6.54 Å². The third kappa shape index (κ3) is 3.75. The van der Waals surface area contributed by atoms with Gasteiger partial charge < -0.3 is 9.64 Å². The Hall–Kier alpha value is -2.25. The molecule has 1 amide bonds. The minimum absolute atomic E-state index is 0.233. The van der Waals surface area contributed by atoms with Crippen molar-refractivity contribution in [3.05, 3.63) is 51.7 Å². The zero-order chi connectivity index (χ0) is 16.2. The highest BCUT2D eigenvalue weighted by molar-refractivity contribution is 7.16. The number of thiazole rings is 1. The fourth-order valence-electron chi connectivity index (χ4n) is 2.05. The number of fused-ring (bicyclic) bond motifs is 1. The molecule has 0 aliphatic carbocycles. The van der Waals surface area contributed by atoms with Gasteiger partial charge in [-0.3, -0.25) is 4.79 Å². The molecule has 2 aromatic heterocycles. The lowest BCUT2D eigenvalue weighted by molar-refractivity contribution is -0.133. The normalized spacial score (nSPS) is 10.7. The molecule has 0 N–H and O–H groups in total.